The van der Waals surface area contributed by atoms with Gasteiger partial charge in [0.2, 0.25) is 0 Å². The maximum atomic E-state index is 10.6. The van der Waals surface area contributed by atoms with Gasteiger partial charge in [-0.1, -0.05) is 90.4 Å². The van der Waals surface area contributed by atoms with Crippen LogP contribution in [0, 0.1) is 0 Å². The molecule has 0 bridgehead atoms. The van der Waals surface area contributed by atoms with Crippen LogP contribution in [0.2, 0.25) is 0 Å². The average Bonchev–Trinajstić information content (AvgIpc) is 3.02. The standard InChI is InChI=1S/C31H58O13/c1-2-3-4-5-6-7-8-9-10-11-12-13-14-15-16-39-29-27(37)24(34)21(18-41-29)44-31-28(38)25(35)22(19-42-31)43-30-26(36)23(33)20(32)17-40-30/h20-38H,2-19H2,1H3/t20-,21-,22-,23?,24?,25?,26?,27?,28?,29-,30+,31+/m1/s1. The van der Waals surface area contributed by atoms with Crippen LogP contribution >= 0.6 is 0 Å². The lowest BCUT2D eigenvalue weighted by atomic mass is 10.0. The monoisotopic (exact) mass is 638 g/mol. The summed E-state index contributed by atoms with van der Waals surface area (Å²) in [7, 11) is 0. The topological polar surface area (TPSA) is 197 Å². The van der Waals surface area contributed by atoms with E-state index in [-0.39, 0.29) is 19.8 Å². The molecule has 0 radical (unpaired) electrons. The number of aliphatic hydroxyl groups excluding tert-OH is 7. The van der Waals surface area contributed by atoms with Crippen molar-refractivity contribution < 1.29 is 64.2 Å². The van der Waals surface area contributed by atoms with Crippen molar-refractivity contribution in [3.8, 4) is 0 Å². The molecule has 3 saturated heterocycles. The number of rotatable bonds is 20. The predicted molar refractivity (Wildman–Crippen MR) is 157 cm³/mol. The minimum Gasteiger partial charge on any atom is -0.388 e. The Hall–Kier alpha value is -0.520. The molecule has 3 rings (SSSR count). The van der Waals surface area contributed by atoms with Crippen molar-refractivity contribution in [2.24, 2.45) is 0 Å². The number of hydrogen-bond acceptors (Lipinski definition) is 13. The van der Waals surface area contributed by atoms with Gasteiger partial charge in [-0.15, -0.1) is 0 Å². The quantitative estimate of drug-likeness (QED) is 0.0928. The van der Waals surface area contributed by atoms with Crippen molar-refractivity contribution in [2.45, 2.75) is 171 Å². The molecule has 3 fully saturated rings. The average molecular weight is 639 g/mol. The zero-order valence-corrected chi connectivity index (χ0v) is 26.2. The third-order valence-electron chi connectivity index (χ3n) is 8.72. The van der Waals surface area contributed by atoms with Gasteiger partial charge in [-0.2, -0.15) is 0 Å². The van der Waals surface area contributed by atoms with E-state index >= 15 is 0 Å². The van der Waals surface area contributed by atoms with E-state index in [0.29, 0.717) is 6.61 Å². The second kappa shape index (κ2) is 20.7. The fraction of sp³-hybridized carbons (Fsp3) is 1.00. The van der Waals surface area contributed by atoms with Crippen LogP contribution in [0.1, 0.15) is 96.8 Å². The normalized spacial score (nSPS) is 38.2. The summed E-state index contributed by atoms with van der Waals surface area (Å²) in [6, 6.07) is 0. The summed E-state index contributed by atoms with van der Waals surface area (Å²) < 4.78 is 33.0. The Bertz CT molecular complexity index is 747. The fourth-order valence-electron chi connectivity index (χ4n) is 5.78. The van der Waals surface area contributed by atoms with Crippen LogP contribution in [-0.2, 0) is 28.4 Å². The molecule has 7 N–H and O–H groups in total. The van der Waals surface area contributed by atoms with Gasteiger partial charge in [0.05, 0.1) is 19.8 Å². The summed E-state index contributed by atoms with van der Waals surface area (Å²) in [4.78, 5) is 0. The molecule has 44 heavy (non-hydrogen) atoms. The Morgan fingerprint density at radius 3 is 1.34 bits per heavy atom. The Morgan fingerprint density at radius 1 is 0.455 bits per heavy atom. The van der Waals surface area contributed by atoms with E-state index < -0.39 is 73.8 Å². The maximum absolute atomic E-state index is 10.6. The van der Waals surface area contributed by atoms with E-state index in [4.69, 9.17) is 28.4 Å². The van der Waals surface area contributed by atoms with Gasteiger partial charge >= 0.3 is 0 Å². The van der Waals surface area contributed by atoms with E-state index in [0.717, 1.165) is 19.3 Å². The predicted octanol–water partition coefficient (Wildman–Crippen LogP) is 0.850. The van der Waals surface area contributed by atoms with Crippen molar-refractivity contribution >= 4 is 0 Å². The largest absolute Gasteiger partial charge is 0.388 e. The van der Waals surface area contributed by atoms with Gasteiger partial charge in [0.15, 0.2) is 18.9 Å². The van der Waals surface area contributed by atoms with Crippen LogP contribution in [0.4, 0.5) is 0 Å². The van der Waals surface area contributed by atoms with Crippen LogP contribution in [0.25, 0.3) is 0 Å². The van der Waals surface area contributed by atoms with Gasteiger partial charge in [0, 0.05) is 6.61 Å². The molecule has 0 aromatic rings. The first-order valence-corrected chi connectivity index (χ1v) is 16.8. The first kappa shape index (κ1) is 37.9. The summed E-state index contributed by atoms with van der Waals surface area (Å²) >= 11 is 0. The highest BCUT2D eigenvalue weighted by Crippen LogP contribution is 2.27. The van der Waals surface area contributed by atoms with Crippen molar-refractivity contribution in [1.82, 2.24) is 0 Å². The zero-order chi connectivity index (χ0) is 31.9. The summed E-state index contributed by atoms with van der Waals surface area (Å²) in [5, 5.41) is 71.7. The van der Waals surface area contributed by atoms with E-state index in [1.54, 1.807) is 0 Å². The molecule has 3 heterocycles. The second-order valence-electron chi connectivity index (χ2n) is 12.4. The summed E-state index contributed by atoms with van der Waals surface area (Å²) in [5.74, 6) is 0. The van der Waals surface area contributed by atoms with Crippen molar-refractivity contribution in [3.05, 3.63) is 0 Å². The van der Waals surface area contributed by atoms with Crippen LogP contribution in [0.3, 0.4) is 0 Å². The highest BCUT2D eigenvalue weighted by molar-refractivity contribution is 4.90. The smallest absolute Gasteiger partial charge is 0.186 e. The minimum atomic E-state index is -1.61. The molecule has 0 amide bonds. The third kappa shape index (κ3) is 11.9. The van der Waals surface area contributed by atoms with Crippen molar-refractivity contribution in [3.63, 3.8) is 0 Å². The Balaban J connectivity index is 1.24. The van der Waals surface area contributed by atoms with Gasteiger partial charge < -0.3 is 64.2 Å². The first-order valence-electron chi connectivity index (χ1n) is 16.8. The molecule has 0 aromatic heterocycles. The van der Waals surface area contributed by atoms with Gasteiger partial charge in [0.1, 0.15) is 54.9 Å². The summed E-state index contributed by atoms with van der Waals surface area (Å²) in [6.45, 7) is 1.95. The molecule has 6 unspecified atom stereocenters. The van der Waals surface area contributed by atoms with Crippen LogP contribution < -0.4 is 0 Å². The molecule has 12 atom stereocenters. The number of aliphatic hydroxyl groups is 7. The zero-order valence-electron chi connectivity index (χ0n) is 26.2. The molecule has 260 valence electrons. The molecule has 3 aliphatic heterocycles. The number of unbranched alkanes of at least 4 members (excludes halogenated alkanes) is 13. The highest BCUT2D eigenvalue weighted by atomic mass is 16.7. The van der Waals surface area contributed by atoms with E-state index in [2.05, 4.69) is 6.92 Å². The molecule has 13 heteroatoms. The molecule has 0 saturated carbocycles. The Kier molecular flexibility index (Phi) is 17.8. The maximum Gasteiger partial charge on any atom is 0.186 e. The lowest BCUT2D eigenvalue weighted by molar-refractivity contribution is -0.348. The number of hydrogen-bond donors (Lipinski definition) is 7. The van der Waals surface area contributed by atoms with Crippen LogP contribution in [0.5, 0.6) is 0 Å². The lowest BCUT2D eigenvalue weighted by Gasteiger charge is -2.43. The van der Waals surface area contributed by atoms with Crippen LogP contribution in [-0.4, -0.2) is 136 Å². The molecule has 0 aromatic carbocycles. The van der Waals surface area contributed by atoms with E-state index in [9.17, 15) is 35.7 Å². The molecular weight excluding hydrogens is 580 g/mol. The highest BCUT2D eigenvalue weighted by Gasteiger charge is 2.47. The van der Waals surface area contributed by atoms with Crippen LogP contribution in [0.15, 0.2) is 0 Å². The Morgan fingerprint density at radius 2 is 0.841 bits per heavy atom. The summed E-state index contributed by atoms with van der Waals surface area (Å²) in [6.07, 6.45) is 1.35. The molecule has 0 aliphatic carbocycles. The molecule has 0 spiro atoms. The molecule has 13 nitrogen and oxygen atoms in total. The fourth-order valence-corrected chi connectivity index (χ4v) is 5.78. The molecule has 3 aliphatic rings. The Labute approximate surface area is 261 Å². The molecular formula is C31H58O13. The van der Waals surface area contributed by atoms with Gasteiger partial charge in [-0.3, -0.25) is 0 Å². The van der Waals surface area contributed by atoms with E-state index in [1.807, 2.05) is 0 Å². The number of ether oxygens (including phenoxy) is 6. The SMILES string of the molecule is CCCCCCCCCCCCCCCCO[C@@H]1OC[C@@H](O[C@@H]2OC[C@@H](O[C@@H]3OC[C@@H](O)C(O)C3O)C(O)C2O)C(O)C1O. The summed E-state index contributed by atoms with van der Waals surface area (Å²) in [5.41, 5.74) is 0. The van der Waals surface area contributed by atoms with Crippen molar-refractivity contribution in [2.75, 3.05) is 26.4 Å². The van der Waals surface area contributed by atoms with Gasteiger partial charge in [-0.05, 0) is 6.42 Å². The lowest BCUT2D eigenvalue weighted by Crippen LogP contribution is -2.61. The van der Waals surface area contributed by atoms with Crippen molar-refractivity contribution in [1.29, 1.82) is 0 Å². The van der Waals surface area contributed by atoms with Gasteiger partial charge in [0.25, 0.3) is 0 Å². The minimum absolute atomic E-state index is 0.132. The van der Waals surface area contributed by atoms with Gasteiger partial charge in [-0.25, -0.2) is 0 Å². The second-order valence-corrected chi connectivity index (χ2v) is 12.4. The third-order valence-corrected chi connectivity index (χ3v) is 8.72. The first-order chi connectivity index (χ1) is 21.2. The van der Waals surface area contributed by atoms with E-state index in [1.165, 1.54) is 70.6 Å².